The van der Waals surface area contributed by atoms with E-state index in [1.165, 1.54) is 4.88 Å². The van der Waals surface area contributed by atoms with Gasteiger partial charge in [0.05, 0.1) is 0 Å². The van der Waals surface area contributed by atoms with E-state index in [1.54, 1.807) is 11.3 Å². The van der Waals surface area contributed by atoms with Crippen LogP contribution in [-0.4, -0.2) is 18.5 Å². The first-order valence-corrected chi connectivity index (χ1v) is 5.74. The van der Waals surface area contributed by atoms with E-state index < -0.39 is 0 Å². The smallest absolute Gasteiger partial charge is 0.0325 e. The second-order valence-electron chi connectivity index (χ2n) is 2.92. The molecule has 0 saturated heterocycles. The molecule has 1 heterocycles. The van der Waals surface area contributed by atoms with Crippen molar-refractivity contribution >= 4 is 27.3 Å². The van der Waals surface area contributed by atoms with E-state index in [-0.39, 0.29) is 0 Å². The maximum Gasteiger partial charge on any atom is 0.0325 e. The topological polar surface area (TPSA) is 3.24 Å². The minimum absolute atomic E-state index is 0.822. The van der Waals surface area contributed by atoms with E-state index >= 15 is 0 Å². The summed E-state index contributed by atoms with van der Waals surface area (Å²) in [6, 6.07) is 2.15. The number of hydrogen-bond acceptors (Lipinski definition) is 2. The Labute approximate surface area is 91.9 Å². The lowest BCUT2D eigenvalue weighted by atomic mass is 10.4. The molecule has 0 aliphatic rings. The quantitative estimate of drug-likeness (QED) is 0.750. The van der Waals surface area contributed by atoms with Crippen LogP contribution in [0, 0.1) is 12.3 Å². The molecule has 0 radical (unpaired) electrons. The van der Waals surface area contributed by atoms with Gasteiger partial charge in [-0.25, -0.2) is 0 Å². The Morgan fingerprint density at radius 2 is 2.46 bits per heavy atom. The van der Waals surface area contributed by atoms with Gasteiger partial charge >= 0.3 is 0 Å². The van der Waals surface area contributed by atoms with Crippen LogP contribution in [0.15, 0.2) is 15.9 Å². The Morgan fingerprint density at radius 1 is 1.69 bits per heavy atom. The van der Waals surface area contributed by atoms with Gasteiger partial charge in [0.2, 0.25) is 0 Å². The van der Waals surface area contributed by atoms with E-state index in [1.807, 2.05) is 0 Å². The first-order valence-electron chi connectivity index (χ1n) is 4.07. The molecule has 1 aromatic rings. The summed E-state index contributed by atoms with van der Waals surface area (Å²) >= 11 is 5.21. The molecule has 0 unspecified atom stereocenters. The number of hydrogen-bond donors (Lipinski definition) is 0. The van der Waals surface area contributed by atoms with E-state index in [4.69, 9.17) is 6.42 Å². The van der Waals surface area contributed by atoms with Crippen LogP contribution < -0.4 is 0 Å². The normalized spacial score (nSPS) is 10.3. The third-order valence-electron chi connectivity index (χ3n) is 1.69. The van der Waals surface area contributed by atoms with Crippen molar-refractivity contribution in [2.24, 2.45) is 0 Å². The predicted molar refractivity (Wildman–Crippen MR) is 61.8 cm³/mol. The number of terminal acetylenes is 1. The fraction of sp³-hybridized carbons (Fsp3) is 0.400. The Morgan fingerprint density at radius 3 is 3.00 bits per heavy atom. The maximum absolute atomic E-state index is 5.19. The van der Waals surface area contributed by atoms with Crippen molar-refractivity contribution in [3.05, 3.63) is 20.8 Å². The summed E-state index contributed by atoms with van der Waals surface area (Å²) in [5.74, 6) is 2.64. The van der Waals surface area contributed by atoms with Crippen LogP contribution in [0.4, 0.5) is 0 Å². The summed E-state index contributed by atoms with van der Waals surface area (Å²) in [5.41, 5.74) is 0. The summed E-state index contributed by atoms with van der Waals surface area (Å²) in [7, 11) is 2.09. The van der Waals surface area contributed by atoms with Gasteiger partial charge in [-0.15, -0.1) is 23.7 Å². The predicted octanol–water partition coefficient (Wildman–Crippen LogP) is 2.97. The summed E-state index contributed by atoms with van der Waals surface area (Å²) in [4.78, 5) is 3.60. The van der Waals surface area contributed by atoms with Crippen molar-refractivity contribution in [3.63, 3.8) is 0 Å². The van der Waals surface area contributed by atoms with Gasteiger partial charge < -0.3 is 4.90 Å². The number of nitrogens with zero attached hydrogens (tertiary/aromatic N) is 1. The zero-order chi connectivity index (χ0) is 9.68. The van der Waals surface area contributed by atoms with Gasteiger partial charge in [-0.3, -0.25) is 0 Å². The minimum Gasteiger partial charge on any atom is -0.300 e. The highest BCUT2D eigenvalue weighted by molar-refractivity contribution is 9.10. The Bertz CT molecular complexity index is 300. The maximum atomic E-state index is 5.19. The van der Waals surface area contributed by atoms with Crippen LogP contribution >= 0.6 is 27.3 Å². The first kappa shape index (κ1) is 10.8. The van der Waals surface area contributed by atoms with Crippen molar-refractivity contribution in [3.8, 4) is 12.3 Å². The van der Waals surface area contributed by atoms with Crippen LogP contribution in [0.3, 0.4) is 0 Å². The van der Waals surface area contributed by atoms with Crippen molar-refractivity contribution < 1.29 is 0 Å². The van der Waals surface area contributed by atoms with Crippen LogP contribution in [-0.2, 0) is 6.54 Å². The molecular formula is C10H12BrNS. The van der Waals surface area contributed by atoms with Crippen LogP contribution in [0.1, 0.15) is 11.3 Å². The molecule has 0 N–H and O–H groups in total. The van der Waals surface area contributed by atoms with Crippen LogP contribution in [0.2, 0.25) is 0 Å². The lowest BCUT2D eigenvalue weighted by molar-refractivity contribution is 0.338. The summed E-state index contributed by atoms with van der Waals surface area (Å²) in [5, 5.41) is 2.10. The summed E-state index contributed by atoms with van der Waals surface area (Å²) in [6.07, 6.45) is 6.02. The highest BCUT2D eigenvalue weighted by atomic mass is 79.9. The highest BCUT2D eigenvalue weighted by Crippen LogP contribution is 2.20. The molecule has 0 aromatic carbocycles. The molecule has 0 saturated carbocycles. The lowest BCUT2D eigenvalue weighted by Crippen LogP contribution is -2.17. The molecule has 0 aliphatic heterocycles. The van der Waals surface area contributed by atoms with E-state index in [9.17, 15) is 0 Å². The Hall–Kier alpha value is -0.300. The molecule has 0 aliphatic carbocycles. The van der Waals surface area contributed by atoms with Crippen molar-refractivity contribution in [1.82, 2.24) is 4.90 Å². The first-order chi connectivity index (χ1) is 6.22. The second-order valence-corrected chi connectivity index (χ2v) is 4.83. The summed E-state index contributed by atoms with van der Waals surface area (Å²) in [6.45, 7) is 1.95. The molecule has 0 bridgehead atoms. The largest absolute Gasteiger partial charge is 0.300 e. The number of thiophene rings is 1. The van der Waals surface area contributed by atoms with Gasteiger partial charge in [-0.1, -0.05) is 0 Å². The van der Waals surface area contributed by atoms with Crippen LogP contribution in [0.25, 0.3) is 0 Å². The van der Waals surface area contributed by atoms with E-state index in [0.717, 1.165) is 24.0 Å². The Balaban J connectivity index is 2.37. The van der Waals surface area contributed by atoms with Crippen molar-refractivity contribution in [2.75, 3.05) is 13.6 Å². The fourth-order valence-electron chi connectivity index (χ4n) is 1.04. The highest BCUT2D eigenvalue weighted by Gasteiger charge is 2.01. The van der Waals surface area contributed by atoms with Crippen LogP contribution in [0.5, 0.6) is 0 Å². The molecule has 3 heteroatoms. The SMILES string of the molecule is C#CCCN(C)Cc1cc(Br)cs1. The third-order valence-corrected chi connectivity index (χ3v) is 3.37. The minimum atomic E-state index is 0.822. The van der Waals surface area contributed by atoms with E-state index in [2.05, 4.69) is 45.2 Å². The number of rotatable bonds is 4. The van der Waals surface area contributed by atoms with Gasteiger partial charge in [-0.05, 0) is 29.0 Å². The Kier molecular flexibility index (Phi) is 4.51. The van der Waals surface area contributed by atoms with E-state index in [0.29, 0.717) is 0 Å². The molecule has 1 aromatic heterocycles. The van der Waals surface area contributed by atoms with Gasteiger partial charge in [0.15, 0.2) is 0 Å². The standard InChI is InChI=1S/C10H12BrNS/c1-3-4-5-12(2)7-10-6-9(11)8-13-10/h1,6,8H,4-5,7H2,2H3. The molecule has 70 valence electrons. The third kappa shape index (κ3) is 3.95. The van der Waals surface area contributed by atoms with Gasteiger partial charge in [0, 0.05) is 34.2 Å². The zero-order valence-electron chi connectivity index (χ0n) is 7.59. The van der Waals surface area contributed by atoms with Gasteiger partial charge in [0.1, 0.15) is 0 Å². The van der Waals surface area contributed by atoms with Gasteiger partial charge in [0.25, 0.3) is 0 Å². The second kappa shape index (κ2) is 5.43. The molecule has 0 amide bonds. The number of halogens is 1. The zero-order valence-corrected chi connectivity index (χ0v) is 9.99. The molecule has 1 nitrogen and oxygen atoms in total. The van der Waals surface area contributed by atoms with Crippen molar-refractivity contribution in [1.29, 1.82) is 0 Å². The molecule has 0 atom stereocenters. The molecule has 0 fully saturated rings. The molecule has 0 spiro atoms. The van der Waals surface area contributed by atoms with Gasteiger partial charge in [-0.2, -0.15) is 0 Å². The fourth-order valence-corrected chi connectivity index (χ4v) is 2.57. The molecule has 13 heavy (non-hydrogen) atoms. The molecule has 1 rings (SSSR count). The average Bonchev–Trinajstić information content (AvgIpc) is 2.48. The average molecular weight is 258 g/mol. The van der Waals surface area contributed by atoms with Crippen molar-refractivity contribution in [2.45, 2.75) is 13.0 Å². The lowest BCUT2D eigenvalue weighted by Gasteiger charge is -2.13. The summed E-state index contributed by atoms with van der Waals surface area (Å²) < 4.78 is 1.16. The monoisotopic (exact) mass is 257 g/mol. The molecular weight excluding hydrogens is 246 g/mol.